The molecule has 0 unspecified atom stereocenters. The standard InChI is InChI=1S/C12H19NO2S2/c1-9-7-12(16-10(9)2)8-13-11-3-5-17(14,15)6-4-11/h7,11,13H,3-6,8H2,1-2H3. The molecule has 1 aliphatic rings. The van der Waals surface area contributed by atoms with Crippen LogP contribution in [-0.4, -0.2) is 26.0 Å². The lowest BCUT2D eigenvalue weighted by Crippen LogP contribution is -2.36. The van der Waals surface area contributed by atoms with Gasteiger partial charge in [0, 0.05) is 22.3 Å². The Labute approximate surface area is 107 Å². The molecule has 2 heterocycles. The topological polar surface area (TPSA) is 46.2 Å². The molecule has 3 nitrogen and oxygen atoms in total. The molecule has 0 bridgehead atoms. The fourth-order valence-electron chi connectivity index (χ4n) is 2.08. The van der Waals surface area contributed by atoms with Crippen molar-refractivity contribution in [3.63, 3.8) is 0 Å². The number of thiophene rings is 1. The summed E-state index contributed by atoms with van der Waals surface area (Å²) >= 11 is 1.82. The maximum absolute atomic E-state index is 11.3. The van der Waals surface area contributed by atoms with Crippen LogP contribution in [0.1, 0.15) is 28.2 Å². The van der Waals surface area contributed by atoms with Gasteiger partial charge in [-0.1, -0.05) is 0 Å². The van der Waals surface area contributed by atoms with E-state index in [1.807, 2.05) is 11.3 Å². The number of aryl methyl sites for hydroxylation is 2. The number of nitrogens with one attached hydrogen (secondary N) is 1. The molecule has 5 heteroatoms. The maximum Gasteiger partial charge on any atom is 0.150 e. The monoisotopic (exact) mass is 273 g/mol. The first-order chi connectivity index (χ1) is 7.96. The quantitative estimate of drug-likeness (QED) is 0.916. The van der Waals surface area contributed by atoms with Crippen molar-refractivity contribution in [2.24, 2.45) is 0 Å². The van der Waals surface area contributed by atoms with Crippen molar-refractivity contribution in [1.29, 1.82) is 0 Å². The van der Waals surface area contributed by atoms with Crippen molar-refractivity contribution in [2.45, 2.75) is 39.3 Å². The van der Waals surface area contributed by atoms with Gasteiger partial charge in [-0.15, -0.1) is 11.3 Å². The second-order valence-corrected chi connectivity index (χ2v) is 8.40. The van der Waals surface area contributed by atoms with Gasteiger partial charge in [-0.25, -0.2) is 8.42 Å². The van der Waals surface area contributed by atoms with Crippen molar-refractivity contribution in [3.8, 4) is 0 Å². The molecule has 2 rings (SSSR count). The van der Waals surface area contributed by atoms with Crippen LogP contribution in [-0.2, 0) is 16.4 Å². The molecule has 0 aromatic carbocycles. The summed E-state index contributed by atoms with van der Waals surface area (Å²) in [7, 11) is -2.74. The third kappa shape index (κ3) is 3.53. The van der Waals surface area contributed by atoms with Crippen LogP contribution in [0.25, 0.3) is 0 Å². The molecular weight excluding hydrogens is 254 g/mol. The van der Waals surface area contributed by atoms with E-state index in [1.54, 1.807) is 0 Å². The first-order valence-corrected chi connectivity index (χ1v) is 8.60. The van der Waals surface area contributed by atoms with E-state index in [-0.39, 0.29) is 0 Å². The van der Waals surface area contributed by atoms with Gasteiger partial charge in [-0.2, -0.15) is 0 Å². The summed E-state index contributed by atoms with van der Waals surface area (Å²) in [5.74, 6) is 0.681. The van der Waals surface area contributed by atoms with Gasteiger partial charge in [0.15, 0.2) is 0 Å². The van der Waals surface area contributed by atoms with Crippen LogP contribution in [0.2, 0.25) is 0 Å². The molecular formula is C12H19NO2S2. The van der Waals surface area contributed by atoms with Crippen molar-refractivity contribution < 1.29 is 8.42 Å². The molecule has 0 atom stereocenters. The summed E-state index contributed by atoms with van der Waals surface area (Å²) in [5.41, 5.74) is 1.35. The molecule has 0 saturated carbocycles. The summed E-state index contributed by atoms with van der Waals surface area (Å²) in [5, 5.41) is 3.46. The van der Waals surface area contributed by atoms with Gasteiger partial charge >= 0.3 is 0 Å². The fraction of sp³-hybridized carbons (Fsp3) is 0.667. The van der Waals surface area contributed by atoms with E-state index in [4.69, 9.17) is 0 Å². The van der Waals surface area contributed by atoms with Crippen LogP contribution in [0.15, 0.2) is 6.07 Å². The zero-order valence-corrected chi connectivity index (χ0v) is 12.0. The van der Waals surface area contributed by atoms with E-state index in [1.165, 1.54) is 15.3 Å². The Morgan fingerprint density at radius 1 is 1.35 bits per heavy atom. The van der Waals surface area contributed by atoms with Gasteiger partial charge in [-0.3, -0.25) is 0 Å². The summed E-state index contributed by atoms with van der Waals surface area (Å²) in [6.45, 7) is 5.13. The van der Waals surface area contributed by atoms with Crippen molar-refractivity contribution in [2.75, 3.05) is 11.5 Å². The number of rotatable bonds is 3. The largest absolute Gasteiger partial charge is 0.309 e. The predicted octanol–water partition coefficient (Wildman–Crippen LogP) is 2.03. The number of hydrogen-bond acceptors (Lipinski definition) is 4. The Hall–Kier alpha value is -0.390. The van der Waals surface area contributed by atoms with Gasteiger partial charge in [0.05, 0.1) is 11.5 Å². The first kappa shape index (κ1) is 13.1. The highest BCUT2D eigenvalue weighted by atomic mass is 32.2. The lowest BCUT2D eigenvalue weighted by Gasteiger charge is -2.22. The van der Waals surface area contributed by atoms with E-state index >= 15 is 0 Å². The third-order valence-electron chi connectivity index (χ3n) is 3.34. The SMILES string of the molecule is Cc1cc(CNC2CCS(=O)(=O)CC2)sc1C. The Morgan fingerprint density at radius 2 is 2.00 bits per heavy atom. The van der Waals surface area contributed by atoms with Gasteiger partial charge in [0.25, 0.3) is 0 Å². The van der Waals surface area contributed by atoms with Gasteiger partial charge in [-0.05, 0) is 38.3 Å². The fourth-order valence-corrected chi connectivity index (χ4v) is 4.57. The second-order valence-electron chi connectivity index (χ2n) is 4.76. The van der Waals surface area contributed by atoms with Crippen LogP contribution in [0.4, 0.5) is 0 Å². The Morgan fingerprint density at radius 3 is 2.53 bits per heavy atom. The van der Waals surface area contributed by atoms with E-state index in [0.29, 0.717) is 17.5 Å². The maximum atomic E-state index is 11.3. The average molecular weight is 273 g/mol. The first-order valence-electron chi connectivity index (χ1n) is 5.96. The molecule has 1 saturated heterocycles. The van der Waals surface area contributed by atoms with Crippen LogP contribution in [0, 0.1) is 13.8 Å². The van der Waals surface area contributed by atoms with Crippen molar-refractivity contribution in [1.82, 2.24) is 5.32 Å². The molecule has 1 aromatic heterocycles. The Kier molecular flexibility index (Phi) is 3.90. The summed E-state index contributed by atoms with van der Waals surface area (Å²) in [6, 6.07) is 2.58. The molecule has 0 radical (unpaired) electrons. The van der Waals surface area contributed by atoms with E-state index < -0.39 is 9.84 Å². The number of hydrogen-bond donors (Lipinski definition) is 1. The molecule has 0 spiro atoms. The minimum atomic E-state index is -2.74. The van der Waals surface area contributed by atoms with Gasteiger partial charge in [0.1, 0.15) is 9.84 Å². The smallest absolute Gasteiger partial charge is 0.150 e. The molecule has 17 heavy (non-hydrogen) atoms. The van der Waals surface area contributed by atoms with Crippen molar-refractivity contribution in [3.05, 3.63) is 21.4 Å². The van der Waals surface area contributed by atoms with E-state index in [2.05, 4.69) is 25.2 Å². The minimum Gasteiger partial charge on any atom is -0.309 e. The second kappa shape index (κ2) is 5.08. The highest BCUT2D eigenvalue weighted by Crippen LogP contribution is 2.21. The molecule has 1 aliphatic heterocycles. The zero-order valence-electron chi connectivity index (χ0n) is 10.3. The highest BCUT2D eigenvalue weighted by molar-refractivity contribution is 7.91. The molecule has 0 amide bonds. The zero-order chi connectivity index (χ0) is 12.5. The molecule has 96 valence electrons. The molecule has 1 aromatic rings. The van der Waals surface area contributed by atoms with Crippen LogP contribution in [0.3, 0.4) is 0 Å². The normalized spacial score (nSPS) is 20.6. The Balaban J connectivity index is 1.83. The van der Waals surface area contributed by atoms with E-state index in [9.17, 15) is 8.42 Å². The van der Waals surface area contributed by atoms with Crippen LogP contribution in [0.5, 0.6) is 0 Å². The van der Waals surface area contributed by atoms with Crippen LogP contribution >= 0.6 is 11.3 Å². The van der Waals surface area contributed by atoms with Crippen LogP contribution < -0.4 is 5.32 Å². The molecule has 1 fully saturated rings. The van der Waals surface area contributed by atoms with E-state index in [0.717, 1.165) is 19.4 Å². The van der Waals surface area contributed by atoms with Gasteiger partial charge in [0.2, 0.25) is 0 Å². The number of sulfone groups is 1. The summed E-state index contributed by atoms with van der Waals surface area (Å²) in [4.78, 5) is 2.71. The summed E-state index contributed by atoms with van der Waals surface area (Å²) < 4.78 is 22.6. The minimum absolute atomic E-state index is 0.340. The third-order valence-corrected chi connectivity index (χ3v) is 6.20. The molecule has 0 aliphatic carbocycles. The highest BCUT2D eigenvalue weighted by Gasteiger charge is 2.23. The average Bonchev–Trinajstić information content (AvgIpc) is 2.57. The Bertz CT molecular complexity index is 457. The van der Waals surface area contributed by atoms with Crippen molar-refractivity contribution >= 4 is 21.2 Å². The predicted molar refractivity (Wildman–Crippen MR) is 72.3 cm³/mol. The summed E-state index contributed by atoms with van der Waals surface area (Å²) in [6.07, 6.45) is 1.51. The lowest BCUT2D eigenvalue weighted by molar-refractivity contribution is 0.465. The lowest BCUT2D eigenvalue weighted by atomic mass is 10.1. The molecule has 1 N–H and O–H groups in total. The van der Waals surface area contributed by atoms with Gasteiger partial charge < -0.3 is 5.32 Å².